The third kappa shape index (κ3) is 3.68. The quantitative estimate of drug-likeness (QED) is 0.589. The molecule has 1 aliphatic heterocycles. The van der Waals surface area contributed by atoms with Crippen LogP contribution in [0.5, 0.6) is 0 Å². The van der Waals surface area contributed by atoms with Crippen molar-refractivity contribution < 1.29 is 13.8 Å². The van der Waals surface area contributed by atoms with Crippen molar-refractivity contribution in [2.45, 2.75) is 47.5 Å². The molecule has 122 valence electrons. The Bertz CT molecular complexity index is 496. The van der Waals surface area contributed by atoms with Crippen molar-refractivity contribution in [1.29, 1.82) is 0 Å². The number of carbonyl (C=O) groups is 2. The van der Waals surface area contributed by atoms with Gasteiger partial charge in [-0.25, -0.2) is 0 Å². The Morgan fingerprint density at radius 3 is 1.90 bits per heavy atom. The summed E-state index contributed by atoms with van der Waals surface area (Å²) < 4.78 is 12.2. The van der Waals surface area contributed by atoms with Gasteiger partial charge >= 0.3 is 0 Å². The van der Waals surface area contributed by atoms with Crippen LogP contribution < -0.4 is 0 Å². The van der Waals surface area contributed by atoms with Crippen LogP contribution in [0.1, 0.15) is 47.5 Å². The van der Waals surface area contributed by atoms with Crippen molar-refractivity contribution in [3.05, 3.63) is 0 Å². The van der Waals surface area contributed by atoms with Gasteiger partial charge in [0.1, 0.15) is 5.41 Å². The summed E-state index contributed by atoms with van der Waals surface area (Å²) in [6.07, 6.45) is 0.724. The first-order chi connectivity index (χ1) is 9.50. The lowest BCUT2D eigenvalue weighted by molar-refractivity contribution is -0.154. The molecular weight excluding hydrogens is 286 g/mol. The first kappa shape index (κ1) is 18.2. The van der Waals surface area contributed by atoms with Gasteiger partial charge in [0.2, 0.25) is 5.91 Å². The topological polar surface area (TPSA) is 54.5 Å². The van der Waals surface area contributed by atoms with Crippen molar-refractivity contribution in [2.24, 2.45) is 10.8 Å². The Balaban J connectivity index is 3.25. The molecule has 0 unspecified atom stereocenters. The molecule has 1 fully saturated rings. The molecule has 0 aromatic heterocycles. The number of amides is 1. The zero-order chi connectivity index (χ0) is 16.5. The summed E-state index contributed by atoms with van der Waals surface area (Å²) in [5.74, 6) is 4.36. The van der Waals surface area contributed by atoms with Crippen LogP contribution in [-0.4, -0.2) is 51.3 Å². The van der Waals surface area contributed by atoms with Gasteiger partial charge in [0.05, 0.1) is 0 Å². The van der Waals surface area contributed by atoms with E-state index in [4.69, 9.17) is 0 Å². The Kier molecular flexibility index (Phi) is 5.30. The SMILES string of the molecule is C=S1(=O)CCC(C(=O)N(CC)CC)(C(=O)C(C)(C)C)CC1. The van der Waals surface area contributed by atoms with Gasteiger partial charge in [0.15, 0.2) is 5.78 Å². The number of carbonyl (C=O) groups excluding carboxylic acids is 2. The predicted molar refractivity (Wildman–Crippen MR) is 89.1 cm³/mol. The van der Waals surface area contributed by atoms with Crippen LogP contribution >= 0.6 is 0 Å². The summed E-state index contributed by atoms with van der Waals surface area (Å²) in [4.78, 5) is 27.7. The molecule has 0 N–H and O–H groups in total. The van der Waals surface area contributed by atoms with Gasteiger partial charge < -0.3 is 4.90 Å². The predicted octanol–water partition coefficient (Wildman–Crippen LogP) is 1.97. The molecule has 5 heteroatoms. The minimum absolute atomic E-state index is 0.0261. The van der Waals surface area contributed by atoms with Gasteiger partial charge in [-0.15, -0.1) is 0 Å². The lowest BCUT2D eigenvalue weighted by Crippen LogP contribution is -2.55. The van der Waals surface area contributed by atoms with Crippen molar-refractivity contribution in [3.8, 4) is 0 Å². The second-order valence-electron chi connectivity index (χ2n) is 7.01. The summed E-state index contributed by atoms with van der Waals surface area (Å²) in [6.45, 7) is 10.6. The van der Waals surface area contributed by atoms with E-state index in [0.29, 0.717) is 37.4 Å². The number of ketones is 1. The molecule has 0 aromatic rings. The minimum atomic E-state index is -2.13. The van der Waals surface area contributed by atoms with Crippen molar-refractivity contribution in [1.82, 2.24) is 4.90 Å². The average Bonchev–Trinajstić information content (AvgIpc) is 2.39. The molecule has 1 amide bonds. The number of hydrogen-bond donors (Lipinski definition) is 0. The standard InChI is InChI=1S/C16H29NO3S/c1-7-17(8-2)14(19)16(13(18)15(3,4)5)9-11-21(6,20)12-10-16/h6-12H2,1-5H3. The Morgan fingerprint density at radius 2 is 1.57 bits per heavy atom. The van der Waals surface area contributed by atoms with E-state index in [1.807, 2.05) is 34.6 Å². The highest BCUT2D eigenvalue weighted by atomic mass is 32.2. The van der Waals surface area contributed by atoms with E-state index in [-0.39, 0.29) is 11.7 Å². The zero-order valence-electron chi connectivity index (χ0n) is 14.0. The zero-order valence-corrected chi connectivity index (χ0v) is 14.8. The maximum atomic E-state index is 13.0. The van der Waals surface area contributed by atoms with E-state index >= 15 is 0 Å². The number of hydrogen-bond acceptors (Lipinski definition) is 3. The molecule has 0 bridgehead atoms. The highest BCUT2D eigenvalue weighted by molar-refractivity contribution is 8.00. The van der Waals surface area contributed by atoms with Gasteiger partial charge in [-0.2, -0.15) is 0 Å². The van der Waals surface area contributed by atoms with Crippen molar-refractivity contribution in [3.63, 3.8) is 0 Å². The third-order valence-corrected chi connectivity index (χ3v) is 6.27. The fourth-order valence-corrected chi connectivity index (χ4v) is 4.66. The molecule has 0 saturated carbocycles. The fraction of sp³-hybridized carbons (Fsp3) is 0.812. The van der Waals surface area contributed by atoms with E-state index in [0.717, 1.165) is 0 Å². The van der Waals surface area contributed by atoms with Crippen LogP contribution in [0.2, 0.25) is 0 Å². The second-order valence-corrected chi connectivity index (χ2v) is 9.76. The molecule has 0 aliphatic carbocycles. The summed E-state index contributed by atoms with van der Waals surface area (Å²) in [5.41, 5.74) is -1.59. The van der Waals surface area contributed by atoms with Crippen LogP contribution in [0, 0.1) is 10.8 Å². The lowest BCUT2D eigenvalue weighted by atomic mass is 9.68. The largest absolute Gasteiger partial charge is 0.342 e. The highest BCUT2D eigenvalue weighted by Crippen LogP contribution is 2.41. The molecule has 1 rings (SSSR count). The smallest absolute Gasteiger partial charge is 0.236 e. The van der Waals surface area contributed by atoms with Crippen molar-refractivity contribution in [2.75, 3.05) is 24.6 Å². The molecule has 0 spiro atoms. The highest BCUT2D eigenvalue weighted by Gasteiger charge is 2.52. The van der Waals surface area contributed by atoms with Crippen LogP contribution in [0.3, 0.4) is 0 Å². The summed E-state index contributed by atoms with van der Waals surface area (Å²) in [7, 11) is -2.13. The molecule has 1 aliphatic rings. The van der Waals surface area contributed by atoms with Gasteiger partial charge in [0.25, 0.3) is 0 Å². The Hall–Kier alpha value is -0.840. The Morgan fingerprint density at radius 1 is 1.14 bits per heavy atom. The van der Waals surface area contributed by atoms with Gasteiger partial charge in [-0.05, 0) is 42.1 Å². The first-order valence-corrected chi connectivity index (χ1v) is 9.73. The molecule has 1 heterocycles. The fourth-order valence-electron chi connectivity index (χ4n) is 3.02. The van der Waals surface area contributed by atoms with Crippen molar-refractivity contribution >= 4 is 27.1 Å². The van der Waals surface area contributed by atoms with Gasteiger partial charge in [-0.3, -0.25) is 13.8 Å². The molecule has 0 radical (unpaired) electrons. The Labute approximate surface area is 129 Å². The number of nitrogens with zero attached hydrogens (tertiary/aromatic N) is 1. The number of rotatable bonds is 4. The maximum absolute atomic E-state index is 13.0. The lowest BCUT2D eigenvalue weighted by Gasteiger charge is -2.42. The van der Waals surface area contributed by atoms with Gasteiger partial charge in [-0.1, -0.05) is 20.8 Å². The molecule has 4 nitrogen and oxygen atoms in total. The minimum Gasteiger partial charge on any atom is -0.342 e. The normalized spacial score (nSPS) is 30.0. The summed E-state index contributed by atoms with van der Waals surface area (Å²) >= 11 is 0. The monoisotopic (exact) mass is 315 g/mol. The van der Waals surface area contributed by atoms with Crippen LogP contribution in [-0.2, 0) is 19.1 Å². The second kappa shape index (κ2) is 6.11. The van der Waals surface area contributed by atoms with E-state index in [1.165, 1.54) is 0 Å². The average molecular weight is 315 g/mol. The molecule has 1 saturated heterocycles. The molecule has 0 atom stereocenters. The maximum Gasteiger partial charge on any atom is 0.236 e. The number of Topliss-reactive ketones (excluding diaryl/α,β-unsaturated/α-hetero) is 1. The molecular formula is C16H29NO3S. The van der Waals surface area contributed by atoms with Gasteiger partial charge in [0, 0.05) is 30.0 Å². The molecule has 21 heavy (non-hydrogen) atoms. The van der Waals surface area contributed by atoms with E-state index in [1.54, 1.807) is 4.90 Å². The van der Waals surface area contributed by atoms with E-state index in [2.05, 4.69) is 5.87 Å². The molecule has 0 aromatic carbocycles. The summed E-state index contributed by atoms with van der Waals surface area (Å²) in [5, 5.41) is 0. The van der Waals surface area contributed by atoms with Crippen LogP contribution in [0.25, 0.3) is 0 Å². The van der Waals surface area contributed by atoms with E-state index < -0.39 is 20.4 Å². The first-order valence-electron chi connectivity index (χ1n) is 7.67. The van der Waals surface area contributed by atoms with Crippen LogP contribution in [0.4, 0.5) is 0 Å². The van der Waals surface area contributed by atoms with E-state index in [9.17, 15) is 13.8 Å². The summed E-state index contributed by atoms with van der Waals surface area (Å²) in [6, 6.07) is 0. The van der Waals surface area contributed by atoms with Crippen LogP contribution in [0.15, 0.2) is 0 Å². The third-order valence-electron chi connectivity index (χ3n) is 4.38.